The number of hydrogen-bond donors (Lipinski definition) is 2. The Bertz CT molecular complexity index is 541. The van der Waals surface area contributed by atoms with Gasteiger partial charge >= 0.3 is 0 Å². The second-order valence-corrected chi connectivity index (χ2v) is 4.74. The monoisotopic (exact) mass is 272 g/mol. The maximum absolute atomic E-state index is 4.52. The van der Waals surface area contributed by atoms with Crippen LogP contribution in [0.2, 0.25) is 0 Å². The molecule has 0 aliphatic rings. The minimum atomic E-state index is 0.285. The fraction of sp³-hybridized carbons (Fsp3) is 0.429. The predicted octanol–water partition coefficient (Wildman–Crippen LogP) is 2.43. The van der Waals surface area contributed by atoms with Gasteiger partial charge in [-0.3, -0.25) is 0 Å². The Labute approximate surface area is 119 Å². The van der Waals surface area contributed by atoms with Crippen LogP contribution in [-0.2, 0) is 6.54 Å². The molecular formula is C14H20N6. The van der Waals surface area contributed by atoms with Gasteiger partial charge in [0, 0.05) is 24.7 Å². The Balaban J connectivity index is 2.13. The topological polar surface area (TPSA) is 75.6 Å². The zero-order chi connectivity index (χ0) is 14.4. The first kappa shape index (κ1) is 14.2. The van der Waals surface area contributed by atoms with Crippen LogP contribution in [0.3, 0.4) is 0 Å². The molecule has 2 aromatic rings. The summed E-state index contributed by atoms with van der Waals surface area (Å²) in [4.78, 5) is 17.1. The average molecular weight is 272 g/mol. The van der Waals surface area contributed by atoms with Crippen molar-refractivity contribution in [2.24, 2.45) is 0 Å². The first-order valence-electron chi connectivity index (χ1n) is 6.80. The summed E-state index contributed by atoms with van der Waals surface area (Å²) in [6.07, 6.45) is 3.27. The fourth-order valence-electron chi connectivity index (χ4n) is 1.69. The maximum atomic E-state index is 4.52. The lowest BCUT2D eigenvalue weighted by molar-refractivity contribution is 0.774. The third kappa shape index (κ3) is 3.88. The highest BCUT2D eigenvalue weighted by Crippen LogP contribution is 2.17. The van der Waals surface area contributed by atoms with Gasteiger partial charge in [0.25, 0.3) is 0 Å². The second kappa shape index (κ2) is 6.79. The molecule has 0 saturated carbocycles. The molecule has 6 heteroatoms. The molecule has 0 aromatic carbocycles. The van der Waals surface area contributed by atoms with Crippen LogP contribution in [0, 0.1) is 0 Å². The molecule has 0 amide bonds. The van der Waals surface area contributed by atoms with Gasteiger partial charge in [0.15, 0.2) is 0 Å². The summed E-state index contributed by atoms with van der Waals surface area (Å²) in [5.41, 5.74) is 0.926. The molecule has 0 aliphatic carbocycles. The average Bonchev–Trinajstić information content (AvgIpc) is 2.46. The molecular weight excluding hydrogens is 252 g/mol. The molecule has 0 atom stereocenters. The van der Waals surface area contributed by atoms with Crippen molar-refractivity contribution in [1.82, 2.24) is 19.9 Å². The van der Waals surface area contributed by atoms with E-state index in [4.69, 9.17) is 0 Å². The summed E-state index contributed by atoms with van der Waals surface area (Å²) in [6.45, 7) is 7.66. The van der Waals surface area contributed by atoms with Crippen molar-refractivity contribution in [2.45, 2.75) is 33.2 Å². The van der Waals surface area contributed by atoms with Crippen LogP contribution in [0.5, 0.6) is 0 Å². The summed E-state index contributed by atoms with van der Waals surface area (Å²) in [5.74, 6) is 2.76. The molecule has 2 heterocycles. The molecule has 2 aromatic heterocycles. The van der Waals surface area contributed by atoms with Gasteiger partial charge in [0.1, 0.15) is 23.8 Å². The highest BCUT2D eigenvalue weighted by atomic mass is 15.1. The van der Waals surface area contributed by atoms with E-state index < -0.39 is 0 Å². The van der Waals surface area contributed by atoms with Gasteiger partial charge in [-0.2, -0.15) is 0 Å². The highest BCUT2D eigenvalue weighted by Gasteiger charge is 2.07. The lowest BCUT2D eigenvalue weighted by atomic mass is 10.2. The first-order valence-corrected chi connectivity index (χ1v) is 6.80. The summed E-state index contributed by atoms with van der Waals surface area (Å²) >= 11 is 0. The Morgan fingerprint density at radius 2 is 1.90 bits per heavy atom. The molecule has 0 radical (unpaired) electrons. The number of hydrogen-bond acceptors (Lipinski definition) is 6. The molecule has 0 saturated heterocycles. The van der Waals surface area contributed by atoms with Crippen molar-refractivity contribution < 1.29 is 0 Å². The maximum Gasteiger partial charge on any atom is 0.135 e. The van der Waals surface area contributed by atoms with Gasteiger partial charge in [0.05, 0.1) is 12.2 Å². The lowest BCUT2D eigenvalue weighted by Crippen LogP contribution is -2.09. The molecule has 0 aliphatic heterocycles. The number of anilines is 2. The van der Waals surface area contributed by atoms with Crippen LogP contribution in [0.15, 0.2) is 24.7 Å². The Morgan fingerprint density at radius 1 is 1.15 bits per heavy atom. The van der Waals surface area contributed by atoms with Crippen LogP contribution < -0.4 is 10.6 Å². The summed E-state index contributed by atoms with van der Waals surface area (Å²) in [6, 6.07) is 3.79. The Kier molecular flexibility index (Phi) is 4.81. The van der Waals surface area contributed by atoms with E-state index in [1.54, 1.807) is 12.5 Å². The quantitative estimate of drug-likeness (QED) is 0.841. The van der Waals surface area contributed by atoms with E-state index in [9.17, 15) is 0 Å². The van der Waals surface area contributed by atoms with E-state index in [2.05, 4.69) is 44.4 Å². The molecule has 0 unspecified atom stereocenters. The van der Waals surface area contributed by atoms with Crippen molar-refractivity contribution in [2.75, 3.05) is 17.2 Å². The molecule has 2 rings (SSSR count). The fourth-order valence-corrected chi connectivity index (χ4v) is 1.69. The van der Waals surface area contributed by atoms with Gasteiger partial charge in [-0.15, -0.1) is 0 Å². The zero-order valence-electron chi connectivity index (χ0n) is 12.1. The Hall–Kier alpha value is -2.24. The van der Waals surface area contributed by atoms with Crippen molar-refractivity contribution in [3.8, 4) is 0 Å². The van der Waals surface area contributed by atoms with Gasteiger partial charge in [-0.05, 0) is 13.0 Å². The van der Waals surface area contributed by atoms with Gasteiger partial charge < -0.3 is 10.6 Å². The van der Waals surface area contributed by atoms with Crippen molar-refractivity contribution >= 4 is 11.6 Å². The van der Waals surface area contributed by atoms with E-state index in [1.165, 1.54) is 0 Å². The molecule has 0 bridgehead atoms. The van der Waals surface area contributed by atoms with Crippen molar-refractivity contribution in [3.63, 3.8) is 0 Å². The predicted molar refractivity (Wildman–Crippen MR) is 79.6 cm³/mol. The summed E-state index contributed by atoms with van der Waals surface area (Å²) in [5, 5.41) is 6.50. The molecule has 106 valence electrons. The highest BCUT2D eigenvalue weighted by molar-refractivity contribution is 5.47. The number of nitrogens with one attached hydrogen (secondary N) is 2. The first-order chi connectivity index (χ1) is 9.69. The van der Waals surface area contributed by atoms with Crippen LogP contribution in [-0.4, -0.2) is 26.5 Å². The third-order valence-electron chi connectivity index (χ3n) is 2.71. The summed E-state index contributed by atoms with van der Waals surface area (Å²) in [7, 11) is 0. The normalized spacial score (nSPS) is 10.6. The Morgan fingerprint density at radius 3 is 2.50 bits per heavy atom. The SMILES string of the molecule is CCNc1cc(NCc2ccncn2)nc(C(C)C)n1. The standard InChI is InChI=1S/C14H20N6/c1-4-16-12-7-13(20-14(19-12)10(2)3)17-8-11-5-6-15-9-18-11/h5-7,9-10H,4,8H2,1-3H3,(H2,16,17,19,20). The molecule has 0 spiro atoms. The minimum absolute atomic E-state index is 0.285. The third-order valence-corrected chi connectivity index (χ3v) is 2.71. The van der Waals surface area contributed by atoms with Crippen molar-refractivity contribution in [3.05, 3.63) is 36.2 Å². The molecule has 2 N–H and O–H groups in total. The summed E-state index contributed by atoms with van der Waals surface area (Å²) < 4.78 is 0. The molecule has 0 fully saturated rings. The largest absolute Gasteiger partial charge is 0.370 e. The second-order valence-electron chi connectivity index (χ2n) is 4.74. The van der Waals surface area contributed by atoms with E-state index in [1.807, 2.05) is 19.1 Å². The van der Waals surface area contributed by atoms with Crippen LogP contribution in [0.1, 0.15) is 38.2 Å². The smallest absolute Gasteiger partial charge is 0.135 e. The number of rotatable bonds is 6. The van der Waals surface area contributed by atoms with E-state index in [-0.39, 0.29) is 5.92 Å². The van der Waals surface area contributed by atoms with Gasteiger partial charge in [0.2, 0.25) is 0 Å². The van der Waals surface area contributed by atoms with Crippen molar-refractivity contribution in [1.29, 1.82) is 0 Å². The lowest BCUT2D eigenvalue weighted by Gasteiger charge is -2.12. The van der Waals surface area contributed by atoms with Crippen LogP contribution >= 0.6 is 0 Å². The van der Waals surface area contributed by atoms with Crippen LogP contribution in [0.4, 0.5) is 11.6 Å². The van der Waals surface area contributed by atoms with Gasteiger partial charge in [-0.1, -0.05) is 13.8 Å². The van der Waals surface area contributed by atoms with E-state index in [0.29, 0.717) is 6.54 Å². The minimum Gasteiger partial charge on any atom is -0.370 e. The van der Waals surface area contributed by atoms with Gasteiger partial charge in [-0.25, -0.2) is 19.9 Å². The van der Waals surface area contributed by atoms with E-state index in [0.717, 1.165) is 29.7 Å². The zero-order valence-corrected chi connectivity index (χ0v) is 12.1. The number of nitrogens with zero attached hydrogens (tertiary/aromatic N) is 4. The molecule has 6 nitrogen and oxygen atoms in total. The molecule has 20 heavy (non-hydrogen) atoms. The van der Waals surface area contributed by atoms with Crippen LogP contribution in [0.25, 0.3) is 0 Å². The van der Waals surface area contributed by atoms with E-state index >= 15 is 0 Å². The number of aromatic nitrogens is 4.